The summed E-state index contributed by atoms with van der Waals surface area (Å²) >= 11 is 0. The molecular weight excluding hydrogens is 216 g/mol. The maximum atomic E-state index is 11.2. The summed E-state index contributed by atoms with van der Waals surface area (Å²) in [6.07, 6.45) is -0.526. The van der Waals surface area contributed by atoms with Crippen LogP contribution in [0.5, 0.6) is 0 Å². The van der Waals surface area contributed by atoms with Crippen molar-refractivity contribution in [3.8, 4) is 0 Å². The van der Waals surface area contributed by atoms with Gasteiger partial charge in [-0.3, -0.25) is 0 Å². The number of benzene rings is 1. The molecule has 0 saturated carbocycles. The first-order chi connectivity index (χ1) is 8.15. The summed E-state index contributed by atoms with van der Waals surface area (Å²) in [5.74, 6) is 0.222. The zero-order valence-corrected chi connectivity index (χ0v) is 10.4. The van der Waals surface area contributed by atoms with Gasteiger partial charge in [0.1, 0.15) is 0 Å². The first-order valence-corrected chi connectivity index (χ1v) is 5.71. The van der Waals surface area contributed by atoms with E-state index in [4.69, 9.17) is 4.74 Å². The van der Waals surface area contributed by atoms with Crippen molar-refractivity contribution in [2.24, 2.45) is 11.0 Å². The monoisotopic (exact) mass is 234 g/mol. The Bertz CT molecular complexity index is 386. The van der Waals surface area contributed by atoms with Crippen LogP contribution >= 0.6 is 0 Å². The van der Waals surface area contributed by atoms with E-state index in [0.717, 1.165) is 11.3 Å². The highest BCUT2D eigenvalue weighted by Gasteiger charge is 2.09. The normalized spacial score (nSPS) is 11.4. The minimum absolute atomic E-state index is 0.222. The van der Waals surface area contributed by atoms with E-state index >= 15 is 0 Å². The number of carbonyl (C=O) groups excluding carboxylic acids is 1. The number of nitrogens with zero attached hydrogens (tertiary/aromatic N) is 1. The fourth-order valence-corrected chi connectivity index (χ4v) is 1.41. The lowest BCUT2D eigenvalue weighted by Crippen LogP contribution is -2.22. The average molecular weight is 234 g/mol. The molecule has 0 heterocycles. The van der Waals surface area contributed by atoms with E-state index in [1.165, 1.54) is 0 Å². The maximum Gasteiger partial charge on any atom is 0.427 e. The lowest BCUT2D eigenvalue weighted by atomic mass is 10.0. The van der Waals surface area contributed by atoms with Gasteiger partial charge in [0.05, 0.1) is 12.3 Å². The Labute approximate surface area is 102 Å². The molecule has 0 fully saturated rings. The van der Waals surface area contributed by atoms with Crippen LogP contribution < -0.4 is 5.43 Å². The van der Waals surface area contributed by atoms with Crippen molar-refractivity contribution in [1.29, 1.82) is 0 Å². The largest absolute Gasteiger partial charge is 0.449 e. The molecule has 1 aromatic rings. The van der Waals surface area contributed by atoms with E-state index in [2.05, 4.69) is 10.5 Å². The van der Waals surface area contributed by atoms with Crippen molar-refractivity contribution >= 4 is 11.8 Å². The highest BCUT2D eigenvalue weighted by atomic mass is 16.5. The van der Waals surface area contributed by atoms with Crippen LogP contribution in [-0.4, -0.2) is 18.4 Å². The van der Waals surface area contributed by atoms with E-state index in [9.17, 15) is 4.79 Å². The van der Waals surface area contributed by atoms with Gasteiger partial charge in [-0.2, -0.15) is 5.10 Å². The molecular formula is C13H18N2O2. The molecule has 1 rings (SSSR count). The van der Waals surface area contributed by atoms with Gasteiger partial charge in [0, 0.05) is 0 Å². The zero-order chi connectivity index (χ0) is 12.7. The molecule has 0 aliphatic heterocycles. The smallest absolute Gasteiger partial charge is 0.427 e. The summed E-state index contributed by atoms with van der Waals surface area (Å²) in [5, 5.41) is 4.10. The number of hydrazone groups is 1. The molecule has 0 bridgehead atoms. The third-order valence-corrected chi connectivity index (χ3v) is 2.16. The first kappa shape index (κ1) is 13.2. The molecule has 0 aromatic heterocycles. The van der Waals surface area contributed by atoms with Crippen LogP contribution in [0.25, 0.3) is 0 Å². The highest BCUT2D eigenvalue weighted by molar-refractivity contribution is 6.02. The molecule has 0 spiro atoms. The Hall–Kier alpha value is -1.84. The van der Waals surface area contributed by atoms with Gasteiger partial charge in [0.25, 0.3) is 0 Å². The van der Waals surface area contributed by atoms with Crippen molar-refractivity contribution < 1.29 is 9.53 Å². The SMILES string of the molecule is CCOC(=O)NN=C(c1ccccc1)C(C)C. The summed E-state index contributed by atoms with van der Waals surface area (Å²) in [6, 6.07) is 9.76. The zero-order valence-electron chi connectivity index (χ0n) is 10.4. The summed E-state index contributed by atoms with van der Waals surface area (Å²) in [6.45, 7) is 6.14. The summed E-state index contributed by atoms with van der Waals surface area (Å²) in [7, 11) is 0. The lowest BCUT2D eigenvalue weighted by molar-refractivity contribution is 0.152. The molecule has 1 amide bonds. The molecule has 0 saturated heterocycles. The van der Waals surface area contributed by atoms with Crippen molar-refractivity contribution in [2.45, 2.75) is 20.8 Å². The Morgan fingerprint density at radius 2 is 2.00 bits per heavy atom. The predicted octanol–water partition coefficient (Wildman–Crippen LogP) is 2.79. The third kappa shape index (κ3) is 4.26. The van der Waals surface area contributed by atoms with Crippen LogP contribution in [-0.2, 0) is 4.74 Å². The Kier molecular flexibility index (Phi) is 5.20. The molecule has 0 aliphatic carbocycles. The molecule has 1 aromatic carbocycles. The van der Waals surface area contributed by atoms with Crippen LogP contribution in [0.15, 0.2) is 35.4 Å². The Balaban J connectivity index is 2.80. The second-order valence-corrected chi connectivity index (χ2v) is 3.85. The fourth-order valence-electron chi connectivity index (χ4n) is 1.41. The van der Waals surface area contributed by atoms with E-state index < -0.39 is 6.09 Å². The summed E-state index contributed by atoms with van der Waals surface area (Å²) in [5.41, 5.74) is 4.22. The number of carbonyl (C=O) groups is 1. The van der Waals surface area contributed by atoms with Gasteiger partial charge < -0.3 is 4.74 Å². The molecule has 4 heteroatoms. The number of amides is 1. The van der Waals surface area contributed by atoms with Gasteiger partial charge in [-0.15, -0.1) is 0 Å². The molecule has 92 valence electrons. The van der Waals surface area contributed by atoms with E-state index in [0.29, 0.717) is 6.61 Å². The van der Waals surface area contributed by atoms with E-state index in [1.54, 1.807) is 6.92 Å². The van der Waals surface area contributed by atoms with Gasteiger partial charge in [-0.05, 0) is 18.4 Å². The molecule has 0 radical (unpaired) electrons. The van der Waals surface area contributed by atoms with Crippen LogP contribution in [0, 0.1) is 5.92 Å². The molecule has 4 nitrogen and oxygen atoms in total. The maximum absolute atomic E-state index is 11.2. The van der Waals surface area contributed by atoms with Crippen molar-refractivity contribution in [1.82, 2.24) is 5.43 Å². The average Bonchev–Trinajstić information content (AvgIpc) is 2.30. The molecule has 0 unspecified atom stereocenters. The highest BCUT2D eigenvalue weighted by Crippen LogP contribution is 2.08. The van der Waals surface area contributed by atoms with Crippen LogP contribution in [0.1, 0.15) is 26.3 Å². The van der Waals surface area contributed by atoms with E-state index in [1.807, 2.05) is 44.2 Å². The molecule has 1 N–H and O–H groups in total. The third-order valence-electron chi connectivity index (χ3n) is 2.16. The van der Waals surface area contributed by atoms with Crippen LogP contribution in [0.3, 0.4) is 0 Å². The topological polar surface area (TPSA) is 50.7 Å². The number of nitrogens with one attached hydrogen (secondary N) is 1. The fraction of sp³-hybridized carbons (Fsp3) is 0.385. The minimum atomic E-state index is -0.526. The second kappa shape index (κ2) is 6.68. The Morgan fingerprint density at radius 3 is 2.53 bits per heavy atom. The Morgan fingerprint density at radius 1 is 1.35 bits per heavy atom. The predicted molar refractivity (Wildman–Crippen MR) is 68.0 cm³/mol. The van der Waals surface area contributed by atoms with Crippen molar-refractivity contribution in [2.75, 3.05) is 6.61 Å². The van der Waals surface area contributed by atoms with Crippen molar-refractivity contribution in [3.63, 3.8) is 0 Å². The van der Waals surface area contributed by atoms with Gasteiger partial charge >= 0.3 is 6.09 Å². The summed E-state index contributed by atoms with van der Waals surface area (Å²) < 4.78 is 4.75. The van der Waals surface area contributed by atoms with Crippen LogP contribution in [0.4, 0.5) is 4.79 Å². The van der Waals surface area contributed by atoms with Crippen LogP contribution in [0.2, 0.25) is 0 Å². The molecule has 0 atom stereocenters. The summed E-state index contributed by atoms with van der Waals surface area (Å²) in [4.78, 5) is 11.2. The minimum Gasteiger partial charge on any atom is -0.449 e. The molecule has 17 heavy (non-hydrogen) atoms. The standard InChI is InChI=1S/C13H18N2O2/c1-4-17-13(16)15-14-12(10(2)3)11-8-6-5-7-9-11/h5-10H,4H2,1-3H3,(H,15,16). The van der Waals surface area contributed by atoms with Gasteiger partial charge in [-0.1, -0.05) is 44.2 Å². The number of hydrogen-bond acceptors (Lipinski definition) is 3. The van der Waals surface area contributed by atoms with Crippen molar-refractivity contribution in [3.05, 3.63) is 35.9 Å². The van der Waals surface area contributed by atoms with Gasteiger partial charge in [-0.25, -0.2) is 10.2 Å². The van der Waals surface area contributed by atoms with E-state index in [-0.39, 0.29) is 5.92 Å². The lowest BCUT2D eigenvalue weighted by Gasteiger charge is -2.10. The second-order valence-electron chi connectivity index (χ2n) is 3.85. The number of hydrogen-bond donors (Lipinski definition) is 1. The van der Waals surface area contributed by atoms with Gasteiger partial charge in [0.15, 0.2) is 0 Å². The van der Waals surface area contributed by atoms with Gasteiger partial charge in [0.2, 0.25) is 0 Å². The quantitative estimate of drug-likeness (QED) is 0.643. The number of ether oxygens (including phenoxy) is 1. The first-order valence-electron chi connectivity index (χ1n) is 5.71. The number of rotatable bonds is 4. The molecule has 0 aliphatic rings.